The molecule has 2 rings (SSSR count). The number of pyridine rings is 1. The SMILES string of the molecule is CSc1ccccc1C(=O)OC(C)C(=O)Nc1ccc(Cl)cn1. The Labute approximate surface area is 143 Å². The molecular weight excluding hydrogens is 336 g/mol. The third-order valence-corrected chi connectivity index (χ3v) is 3.98. The van der Waals surface area contributed by atoms with Crippen molar-refractivity contribution in [3.05, 3.63) is 53.2 Å². The fraction of sp³-hybridized carbons (Fsp3) is 0.188. The van der Waals surface area contributed by atoms with Crippen molar-refractivity contribution in [3.8, 4) is 0 Å². The molecule has 1 heterocycles. The van der Waals surface area contributed by atoms with Crippen LogP contribution in [0.5, 0.6) is 0 Å². The number of hydrogen-bond acceptors (Lipinski definition) is 5. The second-order valence-corrected chi connectivity index (χ2v) is 5.88. The summed E-state index contributed by atoms with van der Waals surface area (Å²) in [6, 6.07) is 10.3. The van der Waals surface area contributed by atoms with Crippen LogP contribution in [0, 0.1) is 0 Å². The van der Waals surface area contributed by atoms with Crippen LogP contribution in [0.4, 0.5) is 5.82 Å². The van der Waals surface area contributed by atoms with Gasteiger partial charge in [-0.25, -0.2) is 9.78 Å². The molecule has 0 radical (unpaired) electrons. The summed E-state index contributed by atoms with van der Waals surface area (Å²) in [5.74, 6) is -0.664. The molecule has 0 saturated heterocycles. The predicted molar refractivity (Wildman–Crippen MR) is 91.0 cm³/mol. The van der Waals surface area contributed by atoms with E-state index in [9.17, 15) is 9.59 Å². The van der Waals surface area contributed by atoms with Crippen LogP contribution < -0.4 is 5.32 Å². The van der Waals surface area contributed by atoms with E-state index in [0.29, 0.717) is 16.4 Å². The van der Waals surface area contributed by atoms with Gasteiger partial charge < -0.3 is 10.1 Å². The highest BCUT2D eigenvalue weighted by Gasteiger charge is 2.20. The van der Waals surface area contributed by atoms with Crippen molar-refractivity contribution >= 4 is 41.1 Å². The highest BCUT2D eigenvalue weighted by molar-refractivity contribution is 7.98. The van der Waals surface area contributed by atoms with Gasteiger partial charge in [0, 0.05) is 11.1 Å². The fourth-order valence-corrected chi connectivity index (χ4v) is 2.47. The molecule has 0 aliphatic rings. The van der Waals surface area contributed by atoms with E-state index in [0.717, 1.165) is 4.90 Å². The molecule has 120 valence electrons. The summed E-state index contributed by atoms with van der Waals surface area (Å²) >= 11 is 7.17. The number of thioether (sulfide) groups is 1. The normalized spacial score (nSPS) is 11.6. The topological polar surface area (TPSA) is 68.3 Å². The summed E-state index contributed by atoms with van der Waals surface area (Å²) < 4.78 is 5.22. The van der Waals surface area contributed by atoms with Crippen LogP contribution in [0.1, 0.15) is 17.3 Å². The Morgan fingerprint density at radius 3 is 2.65 bits per heavy atom. The number of benzene rings is 1. The molecule has 0 spiro atoms. The Hall–Kier alpha value is -2.05. The monoisotopic (exact) mass is 350 g/mol. The van der Waals surface area contributed by atoms with E-state index < -0.39 is 18.0 Å². The van der Waals surface area contributed by atoms with Crippen molar-refractivity contribution in [2.75, 3.05) is 11.6 Å². The minimum atomic E-state index is -0.949. The van der Waals surface area contributed by atoms with Gasteiger partial charge in [0.15, 0.2) is 6.10 Å². The lowest BCUT2D eigenvalue weighted by Gasteiger charge is -2.14. The molecule has 0 bridgehead atoms. The molecule has 0 fully saturated rings. The highest BCUT2D eigenvalue weighted by atomic mass is 35.5. The Bertz CT molecular complexity index is 707. The second kappa shape index (κ2) is 7.99. The van der Waals surface area contributed by atoms with Crippen molar-refractivity contribution in [2.45, 2.75) is 17.9 Å². The number of aromatic nitrogens is 1. The zero-order valence-electron chi connectivity index (χ0n) is 12.6. The van der Waals surface area contributed by atoms with E-state index in [1.807, 2.05) is 18.4 Å². The molecule has 1 amide bonds. The van der Waals surface area contributed by atoms with Crippen LogP contribution in [-0.4, -0.2) is 29.2 Å². The van der Waals surface area contributed by atoms with Crippen LogP contribution >= 0.6 is 23.4 Å². The van der Waals surface area contributed by atoms with Crippen molar-refractivity contribution in [2.24, 2.45) is 0 Å². The largest absolute Gasteiger partial charge is 0.449 e. The molecule has 23 heavy (non-hydrogen) atoms. The highest BCUT2D eigenvalue weighted by Crippen LogP contribution is 2.21. The minimum Gasteiger partial charge on any atom is -0.449 e. The van der Waals surface area contributed by atoms with E-state index in [1.165, 1.54) is 24.9 Å². The standard InChI is InChI=1S/C16H15ClN2O3S/c1-10(15(20)19-14-8-7-11(17)9-18-14)22-16(21)12-5-3-4-6-13(12)23-2/h3-10H,1-2H3,(H,18,19,20). The number of halogens is 1. The molecule has 5 nitrogen and oxygen atoms in total. The van der Waals surface area contributed by atoms with Gasteiger partial charge in [-0.3, -0.25) is 4.79 Å². The molecule has 1 aromatic carbocycles. The Kier molecular flexibility index (Phi) is 6.01. The third kappa shape index (κ3) is 4.71. The molecule has 1 unspecified atom stereocenters. The molecule has 0 saturated carbocycles. The average molecular weight is 351 g/mol. The van der Waals surface area contributed by atoms with E-state index >= 15 is 0 Å². The van der Waals surface area contributed by atoms with Crippen LogP contribution in [0.3, 0.4) is 0 Å². The van der Waals surface area contributed by atoms with Gasteiger partial charge in [0.1, 0.15) is 5.82 Å². The van der Waals surface area contributed by atoms with Crippen LogP contribution in [0.15, 0.2) is 47.5 Å². The molecular formula is C16H15ClN2O3S. The Morgan fingerprint density at radius 1 is 1.26 bits per heavy atom. The van der Waals surface area contributed by atoms with Gasteiger partial charge in [0.2, 0.25) is 0 Å². The number of ether oxygens (including phenoxy) is 1. The molecule has 1 N–H and O–H groups in total. The number of nitrogens with zero attached hydrogens (tertiary/aromatic N) is 1. The van der Waals surface area contributed by atoms with Crippen molar-refractivity contribution in [1.82, 2.24) is 4.98 Å². The number of anilines is 1. The zero-order chi connectivity index (χ0) is 16.8. The first-order chi connectivity index (χ1) is 11.0. The van der Waals surface area contributed by atoms with Crippen molar-refractivity contribution in [1.29, 1.82) is 0 Å². The van der Waals surface area contributed by atoms with Crippen LogP contribution in [-0.2, 0) is 9.53 Å². The zero-order valence-corrected chi connectivity index (χ0v) is 14.1. The van der Waals surface area contributed by atoms with Gasteiger partial charge in [-0.2, -0.15) is 0 Å². The Morgan fingerprint density at radius 2 is 2.00 bits per heavy atom. The first-order valence-electron chi connectivity index (χ1n) is 6.77. The molecule has 7 heteroatoms. The third-order valence-electron chi connectivity index (χ3n) is 2.96. The first-order valence-corrected chi connectivity index (χ1v) is 8.38. The molecule has 0 aliphatic carbocycles. The summed E-state index contributed by atoms with van der Waals surface area (Å²) in [7, 11) is 0. The van der Waals surface area contributed by atoms with Gasteiger partial charge in [0.25, 0.3) is 5.91 Å². The number of nitrogens with one attached hydrogen (secondary N) is 1. The minimum absolute atomic E-state index is 0.340. The van der Waals surface area contributed by atoms with E-state index in [-0.39, 0.29) is 0 Å². The maximum atomic E-state index is 12.2. The van der Waals surface area contributed by atoms with Crippen LogP contribution in [0.2, 0.25) is 5.02 Å². The lowest BCUT2D eigenvalue weighted by molar-refractivity contribution is -0.123. The number of esters is 1. The van der Waals surface area contributed by atoms with Crippen molar-refractivity contribution in [3.63, 3.8) is 0 Å². The quantitative estimate of drug-likeness (QED) is 0.658. The fourth-order valence-electron chi connectivity index (χ4n) is 1.77. The molecule has 1 atom stereocenters. The number of rotatable bonds is 5. The van der Waals surface area contributed by atoms with Crippen LogP contribution in [0.25, 0.3) is 0 Å². The van der Waals surface area contributed by atoms with Gasteiger partial charge in [0.05, 0.1) is 10.6 Å². The van der Waals surface area contributed by atoms with E-state index in [4.69, 9.17) is 16.3 Å². The Balaban J connectivity index is 2.00. The van der Waals surface area contributed by atoms with Gasteiger partial charge in [-0.05, 0) is 37.4 Å². The summed E-state index contributed by atoms with van der Waals surface area (Å²) in [6.45, 7) is 1.50. The summed E-state index contributed by atoms with van der Waals surface area (Å²) in [4.78, 5) is 29.0. The second-order valence-electron chi connectivity index (χ2n) is 4.60. The predicted octanol–water partition coefficient (Wildman–Crippen LogP) is 3.64. The van der Waals surface area contributed by atoms with Crippen molar-refractivity contribution < 1.29 is 14.3 Å². The van der Waals surface area contributed by atoms with E-state index in [1.54, 1.807) is 24.3 Å². The number of carbonyl (C=O) groups excluding carboxylic acids is 2. The number of carbonyl (C=O) groups is 2. The lowest BCUT2D eigenvalue weighted by Crippen LogP contribution is -2.30. The van der Waals surface area contributed by atoms with Gasteiger partial charge >= 0.3 is 5.97 Å². The maximum Gasteiger partial charge on any atom is 0.340 e. The summed E-state index contributed by atoms with van der Waals surface area (Å²) in [5, 5.41) is 3.03. The smallest absolute Gasteiger partial charge is 0.340 e. The maximum absolute atomic E-state index is 12.2. The number of hydrogen-bond donors (Lipinski definition) is 1. The first kappa shape index (κ1) is 17.3. The molecule has 0 aliphatic heterocycles. The van der Waals surface area contributed by atoms with Gasteiger partial charge in [-0.15, -0.1) is 11.8 Å². The molecule has 1 aromatic heterocycles. The molecule has 2 aromatic rings. The summed E-state index contributed by atoms with van der Waals surface area (Å²) in [5.41, 5.74) is 0.435. The average Bonchev–Trinajstić information content (AvgIpc) is 2.56. The lowest BCUT2D eigenvalue weighted by atomic mass is 10.2. The summed E-state index contributed by atoms with van der Waals surface area (Å²) in [6.07, 6.45) is 2.34. The number of amides is 1. The van der Waals surface area contributed by atoms with E-state index in [2.05, 4.69) is 10.3 Å². The van der Waals surface area contributed by atoms with Gasteiger partial charge in [-0.1, -0.05) is 23.7 Å².